The SMILES string of the molecule is C[C@H](Oc1ccc(/C=C2/SC(=Nc3ccc(Cl)cc3)NC2=O)cc1)C(=O)O. The van der Waals surface area contributed by atoms with Crippen LogP contribution < -0.4 is 10.1 Å². The van der Waals surface area contributed by atoms with Crippen LogP contribution in [0.2, 0.25) is 5.02 Å². The molecule has 1 heterocycles. The van der Waals surface area contributed by atoms with E-state index in [1.807, 2.05) is 0 Å². The van der Waals surface area contributed by atoms with E-state index in [-0.39, 0.29) is 5.91 Å². The van der Waals surface area contributed by atoms with Crippen LogP contribution in [0, 0.1) is 0 Å². The van der Waals surface area contributed by atoms with Crippen LogP contribution in [0.4, 0.5) is 5.69 Å². The zero-order valence-corrected chi connectivity index (χ0v) is 15.8. The average molecular weight is 403 g/mol. The summed E-state index contributed by atoms with van der Waals surface area (Å²) in [6.07, 6.45) is 0.798. The van der Waals surface area contributed by atoms with E-state index in [1.165, 1.54) is 18.7 Å². The van der Waals surface area contributed by atoms with Crippen LogP contribution in [0.25, 0.3) is 6.08 Å². The van der Waals surface area contributed by atoms with Gasteiger partial charge in [-0.2, -0.15) is 0 Å². The monoisotopic (exact) mass is 402 g/mol. The van der Waals surface area contributed by atoms with Crippen LogP contribution in [-0.4, -0.2) is 28.3 Å². The van der Waals surface area contributed by atoms with Crippen LogP contribution in [0.15, 0.2) is 58.4 Å². The molecule has 0 unspecified atom stereocenters. The highest BCUT2D eigenvalue weighted by Crippen LogP contribution is 2.28. The molecule has 2 aromatic carbocycles. The second kappa shape index (κ2) is 8.28. The van der Waals surface area contributed by atoms with Gasteiger partial charge in [0, 0.05) is 5.02 Å². The Bertz CT molecular complexity index is 924. The molecule has 2 N–H and O–H groups in total. The van der Waals surface area contributed by atoms with E-state index in [4.69, 9.17) is 21.4 Å². The van der Waals surface area contributed by atoms with Crippen LogP contribution in [0.3, 0.4) is 0 Å². The molecule has 0 saturated carbocycles. The average Bonchev–Trinajstić information content (AvgIpc) is 2.97. The maximum absolute atomic E-state index is 12.1. The number of halogens is 1. The number of nitrogens with one attached hydrogen (secondary N) is 1. The van der Waals surface area contributed by atoms with Crippen molar-refractivity contribution in [1.82, 2.24) is 5.32 Å². The maximum Gasteiger partial charge on any atom is 0.344 e. The third-order valence-corrected chi connectivity index (χ3v) is 4.71. The van der Waals surface area contributed by atoms with Crippen LogP contribution in [-0.2, 0) is 9.59 Å². The van der Waals surface area contributed by atoms with Gasteiger partial charge in [0.05, 0.1) is 10.6 Å². The molecule has 0 spiro atoms. The number of benzene rings is 2. The third-order valence-electron chi connectivity index (χ3n) is 3.55. The number of aliphatic imine (C=N–C) groups is 1. The highest BCUT2D eigenvalue weighted by Gasteiger charge is 2.23. The number of rotatable bonds is 5. The van der Waals surface area contributed by atoms with Gasteiger partial charge in [-0.05, 0) is 66.7 Å². The molecule has 1 aliphatic heterocycles. The lowest BCUT2D eigenvalue weighted by atomic mass is 10.2. The number of nitrogens with zero attached hydrogens (tertiary/aromatic N) is 1. The number of ether oxygens (including phenoxy) is 1. The van der Waals surface area contributed by atoms with Gasteiger partial charge in [0.25, 0.3) is 5.91 Å². The summed E-state index contributed by atoms with van der Waals surface area (Å²) in [5.74, 6) is -0.819. The first-order valence-corrected chi connectivity index (χ1v) is 9.15. The minimum Gasteiger partial charge on any atom is -0.479 e. The van der Waals surface area contributed by atoms with Gasteiger partial charge >= 0.3 is 5.97 Å². The molecule has 8 heteroatoms. The van der Waals surface area contributed by atoms with Gasteiger partial charge in [0.15, 0.2) is 11.3 Å². The van der Waals surface area contributed by atoms with Crippen molar-refractivity contribution in [3.05, 3.63) is 64.0 Å². The van der Waals surface area contributed by atoms with Crippen molar-refractivity contribution < 1.29 is 19.4 Å². The molecule has 0 aliphatic carbocycles. The van der Waals surface area contributed by atoms with Crippen molar-refractivity contribution in [2.75, 3.05) is 0 Å². The van der Waals surface area contributed by atoms with E-state index in [9.17, 15) is 9.59 Å². The maximum atomic E-state index is 12.1. The fraction of sp³-hybridized carbons (Fsp3) is 0.105. The van der Waals surface area contributed by atoms with Crippen LogP contribution >= 0.6 is 23.4 Å². The lowest BCUT2D eigenvalue weighted by Crippen LogP contribution is -2.22. The fourth-order valence-electron chi connectivity index (χ4n) is 2.16. The molecule has 1 saturated heterocycles. The molecule has 138 valence electrons. The number of carboxylic acids is 1. The summed E-state index contributed by atoms with van der Waals surface area (Å²) in [6.45, 7) is 1.46. The number of hydrogen-bond acceptors (Lipinski definition) is 5. The third kappa shape index (κ3) is 5.12. The molecule has 1 atom stereocenters. The van der Waals surface area contributed by atoms with Crippen molar-refractivity contribution in [2.24, 2.45) is 4.99 Å². The molecule has 2 aromatic rings. The lowest BCUT2D eigenvalue weighted by Gasteiger charge is -2.10. The Kier molecular flexibility index (Phi) is 5.83. The number of aliphatic carboxylic acids is 1. The second-order valence-corrected chi connectivity index (χ2v) is 7.09. The number of carbonyl (C=O) groups excluding carboxylic acids is 1. The number of carboxylic acid groups (broad SMARTS) is 1. The van der Waals surface area contributed by atoms with E-state index in [2.05, 4.69) is 10.3 Å². The molecule has 0 aromatic heterocycles. The van der Waals surface area contributed by atoms with E-state index in [1.54, 1.807) is 54.6 Å². The Morgan fingerprint density at radius 2 is 1.89 bits per heavy atom. The molecule has 1 amide bonds. The van der Waals surface area contributed by atoms with Gasteiger partial charge in [-0.25, -0.2) is 9.79 Å². The first-order valence-electron chi connectivity index (χ1n) is 7.95. The van der Waals surface area contributed by atoms with Crippen molar-refractivity contribution in [1.29, 1.82) is 0 Å². The van der Waals surface area contributed by atoms with Crippen LogP contribution in [0.1, 0.15) is 12.5 Å². The summed E-state index contributed by atoms with van der Waals surface area (Å²) in [5, 5.41) is 12.7. The van der Waals surface area contributed by atoms with E-state index in [0.717, 1.165) is 5.56 Å². The van der Waals surface area contributed by atoms with Gasteiger partial charge in [-0.1, -0.05) is 23.7 Å². The Morgan fingerprint density at radius 1 is 1.22 bits per heavy atom. The summed E-state index contributed by atoms with van der Waals surface area (Å²) >= 11 is 7.09. The smallest absolute Gasteiger partial charge is 0.344 e. The summed E-state index contributed by atoms with van der Waals surface area (Å²) < 4.78 is 5.28. The number of hydrogen-bond donors (Lipinski definition) is 2. The summed E-state index contributed by atoms with van der Waals surface area (Å²) in [5.41, 5.74) is 1.48. The Labute approximate surface area is 164 Å². The zero-order valence-electron chi connectivity index (χ0n) is 14.2. The lowest BCUT2D eigenvalue weighted by molar-refractivity contribution is -0.144. The normalized spacial score (nSPS) is 17.8. The quantitative estimate of drug-likeness (QED) is 0.735. The van der Waals surface area contributed by atoms with Crippen LogP contribution in [0.5, 0.6) is 5.75 Å². The van der Waals surface area contributed by atoms with Gasteiger partial charge in [0.1, 0.15) is 5.75 Å². The minimum absolute atomic E-state index is 0.229. The molecular formula is C19H15ClN2O4S. The molecule has 3 rings (SSSR count). The molecule has 6 nitrogen and oxygen atoms in total. The predicted octanol–water partition coefficient (Wildman–Crippen LogP) is 4.08. The highest BCUT2D eigenvalue weighted by atomic mass is 35.5. The van der Waals surface area contributed by atoms with Gasteiger partial charge in [-0.3, -0.25) is 4.79 Å². The fourth-order valence-corrected chi connectivity index (χ4v) is 3.13. The second-order valence-electron chi connectivity index (χ2n) is 5.63. The molecule has 1 fully saturated rings. The Morgan fingerprint density at radius 3 is 2.52 bits per heavy atom. The Balaban J connectivity index is 1.70. The summed E-state index contributed by atoms with van der Waals surface area (Å²) in [7, 11) is 0. The minimum atomic E-state index is -1.03. The molecule has 0 bridgehead atoms. The Hall–Kier alpha value is -2.77. The van der Waals surface area contributed by atoms with Gasteiger partial charge in [0.2, 0.25) is 0 Å². The van der Waals surface area contributed by atoms with Gasteiger partial charge < -0.3 is 15.2 Å². The van der Waals surface area contributed by atoms with Crippen molar-refractivity contribution in [3.8, 4) is 5.75 Å². The predicted molar refractivity (Wildman–Crippen MR) is 106 cm³/mol. The topological polar surface area (TPSA) is 88.0 Å². The summed E-state index contributed by atoms with van der Waals surface area (Å²) in [4.78, 5) is 27.8. The zero-order chi connectivity index (χ0) is 19.4. The van der Waals surface area contributed by atoms with E-state index in [0.29, 0.717) is 26.5 Å². The van der Waals surface area contributed by atoms with E-state index >= 15 is 0 Å². The highest BCUT2D eigenvalue weighted by molar-refractivity contribution is 8.18. The first-order chi connectivity index (χ1) is 12.9. The largest absolute Gasteiger partial charge is 0.479 e. The number of amidine groups is 1. The van der Waals surface area contributed by atoms with Crippen molar-refractivity contribution in [3.63, 3.8) is 0 Å². The molecular weight excluding hydrogens is 388 g/mol. The van der Waals surface area contributed by atoms with Gasteiger partial charge in [-0.15, -0.1) is 0 Å². The number of thioether (sulfide) groups is 1. The number of amides is 1. The molecule has 0 radical (unpaired) electrons. The standard InChI is InChI=1S/C19H15ClN2O4S/c1-11(18(24)25)26-15-8-2-12(3-9-15)10-16-17(23)22-19(27-16)21-14-6-4-13(20)5-7-14/h2-11H,1H3,(H,24,25)(H,21,22,23)/b16-10+/t11-/m0/s1. The molecule has 1 aliphatic rings. The van der Waals surface area contributed by atoms with E-state index < -0.39 is 12.1 Å². The first kappa shape index (κ1) is 19.0. The summed E-state index contributed by atoms with van der Waals surface area (Å²) in [6, 6.07) is 13.8. The van der Waals surface area contributed by atoms with Crippen molar-refractivity contribution in [2.45, 2.75) is 13.0 Å². The van der Waals surface area contributed by atoms with Crippen molar-refractivity contribution >= 4 is 52.2 Å². The number of carbonyl (C=O) groups is 2. The molecule has 27 heavy (non-hydrogen) atoms.